The van der Waals surface area contributed by atoms with E-state index in [1.807, 2.05) is 0 Å². The molecule has 0 unspecified atom stereocenters. The standard InChI is InChI=1S/C11H11ClF3NO2/c12-9-2-1-7(3-8(9)6-17)5-16-10(18)4-11(13,14)15/h1-3,17H,4-6H2,(H,16,18). The lowest BCUT2D eigenvalue weighted by molar-refractivity contribution is -0.153. The predicted octanol–water partition coefficient (Wildman–Crippen LogP) is 2.40. The summed E-state index contributed by atoms with van der Waals surface area (Å²) in [5.41, 5.74) is 1.03. The molecule has 0 fully saturated rings. The van der Waals surface area contributed by atoms with Gasteiger partial charge < -0.3 is 10.4 Å². The number of hydrogen-bond donors (Lipinski definition) is 2. The summed E-state index contributed by atoms with van der Waals surface area (Å²) in [5, 5.41) is 11.5. The first kappa shape index (κ1) is 14.8. The maximum absolute atomic E-state index is 11.9. The summed E-state index contributed by atoms with van der Waals surface area (Å²) in [4.78, 5) is 10.9. The van der Waals surface area contributed by atoms with Crippen molar-refractivity contribution in [3.63, 3.8) is 0 Å². The zero-order valence-electron chi connectivity index (χ0n) is 9.22. The Morgan fingerprint density at radius 3 is 2.61 bits per heavy atom. The second-order valence-electron chi connectivity index (χ2n) is 3.65. The smallest absolute Gasteiger partial charge is 0.392 e. The number of amides is 1. The van der Waals surface area contributed by atoms with Crippen molar-refractivity contribution < 1.29 is 23.1 Å². The van der Waals surface area contributed by atoms with Gasteiger partial charge in [-0.25, -0.2) is 0 Å². The van der Waals surface area contributed by atoms with Crippen molar-refractivity contribution in [2.45, 2.75) is 25.7 Å². The van der Waals surface area contributed by atoms with Crippen LogP contribution in [-0.2, 0) is 17.9 Å². The number of carbonyl (C=O) groups excluding carboxylic acids is 1. The van der Waals surface area contributed by atoms with Gasteiger partial charge in [-0.05, 0) is 17.2 Å². The van der Waals surface area contributed by atoms with Crippen LogP contribution in [0.2, 0.25) is 5.02 Å². The monoisotopic (exact) mass is 281 g/mol. The number of aliphatic hydroxyl groups is 1. The summed E-state index contributed by atoms with van der Waals surface area (Å²) >= 11 is 5.75. The Balaban J connectivity index is 2.56. The van der Waals surface area contributed by atoms with Gasteiger partial charge in [0.2, 0.25) is 5.91 Å². The van der Waals surface area contributed by atoms with Gasteiger partial charge in [0.15, 0.2) is 0 Å². The van der Waals surface area contributed by atoms with Crippen molar-refractivity contribution in [1.29, 1.82) is 0 Å². The van der Waals surface area contributed by atoms with E-state index < -0.39 is 18.5 Å². The number of carbonyl (C=O) groups is 1. The molecule has 0 aliphatic rings. The molecule has 0 saturated heterocycles. The van der Waals surface area contributed by atoms with Crippen molar-refractivity contribution in [3.8, 4) is 0 Å². The van der Waals surface area contributed by atoms with Crippen LogP contribution >= 0.6 is 11.6 Å². The van der Waals surface area contributed by atoms with Crippen LogP contribution in [0.1, 0.15) is 17.5 Å². The molecule has 0 saturated carbocycles. The molecule has 0 radical (unpaired) electrons. The highest BCUT2D eigenvalue weighted by atomic mass is 35.5. The number of aliphatic hydroxyl groups excluding tert-OH is 1. The molecule has 0 aliphatic heterocycles. The molecule has 0 aromatic heterocycles. The Kier molecular flexibility index (Phi) is 4.98. The summed E-state index contributed by atoms with van der Waals surface area (Å²) in [7, 11) is 0. The van der Waals surface area contributed by atoms with Crippen LogP contribution in [0.15, 0.2) is 18.2 Å². The predicted molar refractivity (Wildman–Crippen MR) is 59.9 cm³/mol. The van der Waals surface area contributed by atoms with Gasteiger partial charge in [0.25, 0.3) is 0 Å². The summed E-state index contributed by atoms with van der Waals surface area (Å²) in [6, 6.07) is 4.60. The van der Waals surface area contributed by atoms with Gasteiger partial charge in [-0.2, -0.15) is 13.2 Å². The molecule has 0 spiro atoms. The lowest BCUT2D eigenvalue weighted by atomic mass is 10.1. The molecule has 1 rings (SSSR count). The molecule has 7 heteroatoms. The van der Waals surface area contributed by atoms with Crippen LogP contribution in [0, 0.1) is 0 Å². The van der Waals surface area contributed by atoms with Gasteiger partial charge >= 0.3 is 6.18 Å². The Labute approximate surface area is 107 Å². The molecular weight excluding hydrogens is 271 g/mol. The molecule has 1 amide bonds. The number of halogens is 4. The van der Waals surface area contributed by atoms with E-state index in [4.69, 9.17) is 16.7 Å². The van der Waals surface area contributed by atoms with Gasteiger partial charge in [-0.15, -0.1) is 0 Å². The van der Waals surface area contributed by atoms with E-state index in [-0.39, 0.29) is 13.2 Å². The maximum Gasteiger partial charge on any atom is 0.397 e. The van der Waals surface area contributed by atoms with Gasteiger partial charge in [-0.1, -0.05) is 23.7 Å². The minimum absolute atomic E-state index is 0.0426. The molecule has 0 atom stereocenters. The van der Waals surface area contributed by atoms with E-state index in [1.54, 1.807) is 6.07 Å². The largest absolute Gasteiger partial charge is 0.397 e. The highest BCUT2D eigenvalue weighted by Gasteiger charge is 2.30. The van der Waals surface area contributed by atoms with Crippen molar-refractivity contribution >= 4 is 17.5 Å². The normalized spacial score (nSPS) is 11.4. The maximum atomic E-state index is 11.9. The topological polar surface area (TPSA) is 49.3 Å². The molecule has 3 nitrogen and oxygen atoms in total. The first-order valence-corrected chi connectivity index (χ1v) is 5.41. The fraction of sp³-hybridized carbons (Fsp3) is 0.364. The zero-order valence-corrected chi connectivity index (χ0v) is 9.98. The third kappa shape index (κ3) is 4.93. The van der Waals surface area contributed by atoms with Crippen molar-refractivity contribution in [3.05, 3.63) is 34.3 Å². The van der Waals surface area contributed by atoms with Gasteiger partial charge in [0.1, 0.15) is 6.42 Å². The molecule has 2 N–H and O–H groups in total. The second kappa shape index (κ2) is 6.06. The van der Waals surface area contributed by atoms with Crippen LogP contribution in [-0.4, -0.2) is 17.2 Å². The molecule has 0 heterocycles. The first-order chi connectivity index (χ1) is 8.31. The minimum atomic E-state index is -4.51. The van der Waals surface area contributed by atoms with E-state index in [2.05, 4.69) is 5.32 Å². The third-order valence-corrected chi connectivity index (χ3v) is 2.50. The lowest BCUT2D eigenvalue weighted by Crippen LogP contribution is -2.28. The SMILES string of the molecule is O=C(CC(F)(F)F)NCc1ccc(Cl)c(CO)c1. The lowest BCUT2D eigenvalue weighted by Gasteiger charge is -2.09. The van der Waals surface area contributed by atoms with Gasteiger partial charge in [0.05, 0.1) is 6.61 Å². The average Bonchev–Trinajstić information content (AvgIpc) is 2.25. The highest BCUT2D eigenvalue weighted by Crippen LogP contribution is 2.20. The number of alkyl halides is 3. The second-order valence-corrected chi connectivity index (χ2v) is 4.06. The fourth-order valence-electron chi connectivity index (χ4n) is 1.30. The molecule has 100 valence electrons. The number of benzene rings is 1. The Morgan fingerprint density at radius 1 is 1.39 bits per heavy atom. The van der Waals surface area contributed by atoms with E-state index in [1.165, 1.54) is 12.1 Å². The van der Waals surface area contributed by atoms with Crippen molar-refractivity contribution in [1.82, 2.24) is 5.32 Å². The fourth-order valence-corrected chi connectivity index (χ4v) is 1.48. The Bertz CT molecular complexity index is 435. The zero-order chi connectivity index (χ0) is 13.8. The summed E-state index contributed by atoms with van der Waals surface area (Å²) in [5.74, 6) is -1.09. The molecule has 1 aromatic rings. The van der Waals surface area contributed by atoms with E-state index in [9.17, 15) is 18.0 Å². The number of hydrogen-bond acceptors (Lipinski definition) is 2. The van der Waals surface area contributed by atoms with Crippen LogP contribution in [0.25, 0.3) is 0 Å². The average molecular weight is 282 g/mol. The summed E-state index contributed by atoms with van der Waals surface area (Å²) in [6.45, 7) is -0.317. The molecular formula is C11H11ClF3NO2. The quantitative estimate of drug-likeness (QED) is 0.890. The van der Waals surface area contributed by atoms with Crippen molar-refractivity contribution in [2.24, 2.45) is 0 Å². The van der Waals surface area contributed by atoms with Gasteiger partial charge in [0, 0.05) is 11.6 Å². The van der Waals surface area contributed by atoms with E-state index in [0.717, 1.165) is 0 Å². The van der Waals surface area contributed by atoms with E-state index >= 15 is 0 Å². The number of nitrogens with one attached hydrogen (secondary N) is 1. The number of rotatable bonds is 4. The van der Waals surface area contributed by atoms with Crippen molar-refractivity contribution in [2.75, 3.05) is 0 Å². The van der Waals surface area contributed by atoms with Crippen LogP contribution in [0.5, 0.6) is 0 Å². The minimum Gasteiger partial charge on any atom is -0.392 e. The molecule has 1 aromatic carbocycles. The van der Waals surface area contributed by atoms with Crippen LogP contribution in [0.3, 0.4) is 0 Å². The van der Waals surface area contributed by atoms with E-state index in [0.29, 0.717) is 16.1 Å². The third-order valence-electron chi connectivity index (χ3n) is 2.13. The van der Waals surface area contributed by atoms with Crippen LogP contribution in [0.4, 0.5) is 13.2 Å². The Morgan fingerprint density at radius 2 is 2.06 bits per heavy atom. The highest BCUT2D eigenvalue weighted by molar-refractivity contribution is 6.31. The van der Waals surface area contributed by atoms with Crippen LogP contribution < -0.4 is 5.32 Å². The first-order valence-electron chi connectivity index (χ1n) is 5.03. The van der Waals surface area contributed by atoms with Gasteiger partial charge in [-0.3, -0.25) is 4.79 Å². The molecule has 0 bridgehead atoms. The summed E-state index contributed by atoms with van der Waals surface area (Å²) < 4.78 is 35.7. The summed E-state index contributed by atoms with van der Waals surface area (Å²) in [6.07, 6.45) is -6.02. The molecule has 18 heavy (non-hydrogen) atoms. The molecule has 0 aliphatic carbocycles. The Hall–Kier alpha value is -1.27.